The van der Waals surface area contributed by atoms with E-state index in [2.05, 4.69) is 22.9 Å². The number of ether oxygens (including phenoxy) is 1. The summed E-state index contributed by atoms with van der Waals surface area (Å²) >= 11 is 12.7. The summed E-state index contributed by atoms with van der Waals surface area (Å²) in [7, 11) is 0. The number of aliphatic hydroxyl groups is 1. The lowest BCUT2D eigenvalue weighted by Gasteiger charge is -2.51. The highest BCUT2D eigenvalue weighted by Gasteiger charge is 2.73. The molecule has 7 fully saturated rings. The van der Waals surface area contributed by atoms with Crippen molar-refractivity contribution in [2.24, 2.45) is 5.41 Å². The molecule has 10 rings (SSSR count). The molecule has 0 aromatic heterocycles. The molecule has 5 bridgehead atoms. The first-order valence-corrected chi connectivity index (χ1v) is 15.3. The molecule has 1 saturated carbocycles. The number of amides is 2. The zero-order valence-corrected chi connectivity index (χ0v) is 24.3. The smallest absolute Gasteiger partial charge is 0.238 e. The van der Waals surface area contributed by atoms with Gasteiger partial charge in [0.25, 0.3) is 0 Å². The van der Waals surface area contributed by atoms with E-state index in [1.165, 1.54) is 6.07 Å². The van der Waals surface area contributed by atoms with Crippen molar-refractivity contribution in [1.29, 1.82) is 0 Å². The van der Waals surface area contributed by atoms with E-state index in [1.54, 1.807) is 24.3 Å². The van der Waals surface area contributed by atoms with Crippen molar-refractivity contribution in [3.8, 4) is 0 Å². The Hall–Kier alpha value is -2.23. The quantitative estimate of drug-likeness (QED) is 0.375. The lowest BCUT2D eigenvalue weighted by atomic mass is 9.52. The molecule has 4 N–H and O–H groups in total. The number of benzene rings is 2. The lowest BCUT2D eigenvalue weighted by molar-refractivity contribution is -0.128. The number of anilines is 1. The molecule has 7 nitrogen and oxygen atoms in total. The number of carbonyl (C=O) groups is 2. The summed E-state index contributed by atoms with van der Waals surface area (Å²) < 4.78 is 22.1. The molecule has 10 heteroatoms. The highest BCUT2D eigenvalue weighted by molar-refractivity contribution is 6.31. The van der Waals surface area contributed by atoms with Crippen LogP contribution in [0.15, 0.2) is 36.4 Å². The van der Waals surface area contributed by atoms with Crippen LogP contribution in [0.25, 0.3) is 0 Å². The molecule has 8 aliphatic rings. The predicted octanol–water partition coefficient (Wildman–Crippen LogP) is 4.83. The van der Waals surface area contributed by atoms with Crippen LogP contribution in [0, 0.1) is 11.2 Å². The van der Waals surface area contributed by atoms with Crippen LogP contribution in [0.3, 0.4) is 0 Å². The summed E-state index contributed by atoms with van der Waals surface area (Å²) in [6.45, 7) is 2.47. The molecule has 6 atom stereocenters. The van der Waals surface area contributed by atoms with Crippen LogP contribution in [0.2, 0.25) is 10.0 Å². The Labute approximate surface area is 248 Å². The molecule has 0 unspecified atom stereocenters. The van der Waals surface area contributed by atoms with Crippen molar-refractivity contribution in [3.05, 3.63) is 63.4 Å². The first kappa shape index (κ1) is 27.6. The van der Waals surface area contributed by atoms with Crippen LogP contribution in [-0.2, 0) is 19.7 Å². The van der Waals surface area contributed by atoms with E-state index in [4.69, 9.17) is 27.9 Å². The fourth-order valence-electron chi connectivity index (χ4n) is 8.66. The van der Waals surface area contributed by atoms with Gasteiger partial charge in [-0.2, -0.15) is 0 Å². The minimum atomic E-state index is -1.31. The van der Waals surface area contributed by atoms with Crippen molar-refractivity contribution >= 4 is 40.7 Å². The van der Waals surface area contributed by atoms with Crippen molar-refractivity contribution in [1.82, 2.24) is 10.6 Å². The standard InChI is InChI=1S/C31H34Cl2FN3O4/c1-29-9-11-30(12-10-29)31(19-7-5-16(32)13-21(19)36-28(31)40)24(18-3-2-4-20(33)25(18)34)26(37-30)27(39)35-17-6-8-23(41-15-17)22(38)14-29/h2-5,7,13,17,22-24,26,37-38H,6,8-12,14-15H2,1H3,(H,35,39)(H,36,40)/t17-,22-,23+,24+,26-,29?,30?,31-/m1/s1. The molecule has 2 aromatic carbocycles. The van der Waals surface area contributed by atoms with Gasteiger partial charge in [0.2, 0.25) is 11.8 Å². The Morgan fingerprint density at radius 1 is 1.07 bits per heavy atom. The monoisotopic (exact) mass is 601 g/mol. The van der Waals surface area contributed by atoms with E-state index < -0.39 is 34.8 Å². The van der Waals surface area contributed by atoms with Gasteiger partial charge in [-0.1, -0.05) is 48.3 Å². The Morgan fingerprint density at radius 3 is 2.59 bits per heavy atom. The topological polar surface area (TPSA) is 99.7 Å². The van der Waals surface area contributed by atoms with E-state index in [0.29, 0.717) is 61.2 Å². The van der Waals surface area contributed by atoms with Crippen molar-refractivity contribution in [3.63, 3.8) is 0 Å². The molecule has 41 heavy (non-hydrogen) atoms. The molecule has 7 heterocycles. The molecule has 218 valence electrons. The molecular formula is C31H34Cl2FN3O4. The molecule has 2 spiro atoms. The van der Waals surface area contributed by atoms with Gasteiger partial charge in [-0.15, -0.1) is 0 Å². The van der Waals surface area contributed by atoms with E-state index in [0.717, 1.165) is 0 Å². The molecule has 7 aliphatic heterocycles. The van der Waals surface area contributed by atoms with Gasteiger partial charge in [0.05, 0.1) is 35.9 Å². The Balaban J connectivity index is 1.46. The van der Waals surface area contributed by atoms with E-state index in [-0.39, 0.29) is 46.6 Å². The number of aliphatic hydroxyl groups excluding tert-OH is 1. The van der Waals surface area contributed by atoms with Crippen molar-refractivity contribution in [2.75, 3.05) is 11.9 Å². The third kappa shape index (κ3) is 4.01. The van der Waals surface area contributed by atoms with Gasteiger partial charge in [0.1, 0.15) is 11.2 Å². The van der Waals surface area contributed by atoms with Crippen molar-refractivity contribution in [2.45, 2.75) is 93.0 Å². The molecule has 6 saturated heterocycles. The summed E-state index contributed by atoms with van der Waals surface area (Å²) in [5.74, 6) is -2.10. The average molecular weight is 603 g/mol. The Kier molecular flexibility index (Phi) is 6.49. The van der Waals surface area contributed by atoms with Crippen LogP contribution in [0.1, 0.15) is 68.9 Å². The second kappa shape index (κ2) is 9.64. The normalized spacial score (nSPS) is 39.9. The number of hydrogen-bond acceptors (Lipinski definition) is 5. The first-order chi connectivity index (χ1) is 19.6. The SMILES string of the molecule is CC12CCC3(CC1)N[C@@H](C(=O)N[C@@H]1CC[C@H](OC1)[C@H](O)C2)[C@H](c1cccc(Cl)c1F)[C@]31C(=O)Nc2cc(Cl)ccc21. The number of hydrogen-bond donors (Lipinski definition) is 4. The fourth-order valence-corrected chi connectivity index (χ4v) is 9.02. The second-order valence-corrected chi connectivity index (χ2v) is 13.9. The predicted molar refractivity (Wildman–Crippen MR) is 154 cm³/mol. The third-order valence-electron chi connectivity index (χ3n) is 10.7. The van der Waals surface area contributed by atoms with Crippen molar-refractivity contribution < 1.29 is 23.8 Å². The zero-order chi connectivity index (χ0) is 28.7. The maximum atomic E-state index is 16.0. The van der Waals surface area contributed by atoms with Crippen LogP contribution >= 0.6 is 23.2 Å². The first-order valence-electron chi connectivity index (χ1n) is 14.5. The van der Waals surface area contributed by atoms with Gasteiger partial charge < -0.3 is 20.5 Å². The number of carbonyl (C=O) groups excluding carboxylic acids is 2. The van der Waals surface area contributed by atoms with Gasteiger partial charge >= 0.3 is 0 Å². The maximum absolute atomic E-state index is 16.0. The second-order valence-electron chi connectivity index (χ2n) is 13.0. The number of nitrogens with one attached hydrogen (secondary N) is 3. The zero-order valence-electron chi connectivity index (χ0n) is 22.8. The summed E-state index contributed by atoms with van der Waals surface area (Å²) in [6, 6.07) is 8.92. The lowest BCUT2D eigenvalue weighted by Crippen LogP contribution is -2.62. The van der Waals surface area contributed by atoms with Gasteiger partial charge in [0, 0.05) is 22.2 Å². The third-order valence-corrected chi connectivity index (χ3v) is 11.2. The average Bonchev–Trinajstić information content (AvgIpc) is 3.40. The van der Waals surface area contributed by atoms with Crippen LogP contribution in [0.5, 0.6) is 0 Å². The van der Waals surface area contributed by atoms with E-state index >= 15 is 4.39 Å². The van der Waals surface area contributed by atoms with Gasteiger partial charge in [-0.25, -0.2) is 4.39 Å². The minimum Gasteiger partial charge on any atom is -0.390 e. The number of halogens is 3. The molecular weight excluding hydrogens is 568 g/mol. The van der Waals surface area contributed by atoms with Crippen LogP contribution in [0.4, 0.5) is 10.1 Å². The Morgan fingerprint density at radius 2 is 1.85 bits per heavy atom. The number of rotatable bonds is 1. The summed E-state index contributed by atoms with van der Waals surface area (Å²) in [5.41, 5.74) is -0.848. The van der Waals surface area contributed by atoms with Gasteiger partial charge in [-0.3, -0.25) is 14.9 Å². The molecule has 2 aromatic rings. The fraction of sp³-hybridized carbons (Fsp3) is 0.548. The van der Waals surface area contributed by atoms with Gasteiger partial charge in [-0.05, 0) is 79.7 Å². The Bertz CT molecular complexity index is 1420. The molecule has 1 aliphatic carbocycles. The van der Waals surface area contributed by atoms with Crippen LogP contribution in [-0.4, -0.2) is 53.4 Å². The van der Waals surface area contributed by atoms with Crippen LogP contribution < -0.4 is 16.0 Å². The minimum absolute atomic E-state index is 0.0599. The summed E-state index contributed by atoms with van der Waals surface area (Å²) in [6.07, 6.45) is 3.54. The van der Waals surface area contributed by atoms with Gasteiger partial charge in [0.15, 0.2) is 0 Å². The summed E-state index contributed by atoms with van der Waals surface area (Å²) in [4.78, 5) is 28.8. The highest BCUT2D eigenvalue weighted by atomic mass is 35.5. The van der Waals surface area contributed by atoms with E-state index in [1.807, 2.05) is 6.07 Å². The maximum Gasteiger partial charge on any atom is 0.238 e. The molecule has 2 amide bonds. The largest absolute Gasteiger partial charge is 0.390 e. The summed E-state index contributed by atoms with van der Waals surface area (Å²) in [5, 5.41) is 21.4. The van der Waals surface area contributed by atoms with E-state index in [9.17, 15) is 14.7 Å². The molecule has 0 radical (unpaired) electrons. The number of fused-ring (bicyclic) bond motifs is 2. The highest BCUT2D eigenvalue weighted by Crippen LogP contribution is 2.64.